The fourth-order valence-electron chi connectivity index (χ4n) is 0.963. The summed E-state index contributed by atoms with van der Waals surface area (Å²) in [6.07, 6.45) is 8.90. The Hall–Kier alpha value is -1.02. The second kappa shape index (κ2) is 3.39. The minimum Gasteiger partial charge on any atom is -0.384 e. The number of allylic oxidation sites excluding steroid dienone is 2. The summed E-state index contributed by atoms with van der Waals surface area (Å²) in [5.41, 5.74) is 0.928. The highest BCUT2D eigenvalue weighted by Gasteiger charge is 2.05. The van der Waals surface area contributed by atoms with E-state index in [1.807, 2.05) is 43.4 Å². The highest BCUT2D eigenvalue weighted by molar-refractivity contribution is 5.33. The number of hydrogen-bond donors (Lipinski definition) is 1. The van der Waals surface area contributed by atoms with Crippen molar-refractivity contribution in [2.75, 3.05) is 14.1 Å². The molecule has 0 aromatic heterocycles. The molecule has 0 spiro atoms. The molecule has 11 heavy (non-hydrogen) atoms. The van der Waals surface area contributed by atoms with E-state index in [1.165, 1.54) is 0 Å². The second-order valence-corrected chi connectivity index (χ2v) is 2.78. The lowest BCUT2D eigenvalue weighted by molar-refractivity contribution is 0.259. The second-order valence-electron chi connectivity index (χ2n) is 2.78. The molecule has 0 radical (unpaired) electrons. The first-order valence-corrected chi connectivity index (χ1v) is 3.61. The van der Waals surface area contributed by atoms with E-state index in [0.29, 0.717) is 0 Å². The summed E-state index contributed by atoms with van der Waals surface area (Å²) in [7, 11) is 3.87. The van der Waals surface area contributed by atoms with Gasteiger partial charge in [-0.3, -0.25) is 0 Å². The summed E-state index contributed by atoms with van der Waals surface area (Å²) in [5, 5.41) is 9.38. The first-order chi connectivity index (χ1) is 5.20. The average Bonchev–Trinajstić information content (AvgIpc) is 1.93. The third-order valence-corrected chi connectivity index (χ3v) is 1.44. The fourth-order valence-corrected chi connectivity index (χ4v) is 0.963. The maximum Gasteiger partial charge on any atom is 0.0988 e. The summed E-state index contributed by atoms with van der Waals surface area (Å²) in [6, 6.07) is 0. The van der Waals surface area contributed by atoms with Gasteiger partial charge in [-0.05, 0) is 0 Å². The molecule has 0 aromatic rings. The summed E-state index contributed by atoms with van der Waals surface area (Å²) in [5.74, 6) is 0. The third-order valence-electron chi connectivity index (χ3n) is 1.44. The zero-order valence-electron chi connectivity index (χ0n) is 6.86. The highest BCUT2D eigenvalue weighted by Crippen LogP contribution is 2.10. The quantitative estimate of drug-likeness (QED) is 0.602. The molecule has 2 heteroatoms. The topological polar surface area (TPSA) is 23.5 Å². The molecule has 2 nitrogen and oxygen atoms in total. The molecule has 1 N–H and O–H groups in total. The van der Waals surface area contributed by atoms with Gasteiger partial charge in [0.1, 0.15) is 0 Å². The number of aliphatic hydroxyl groups is 1. The Morgan fingerprint density at radius 2 is 2.18 bits per heavy atom. The van der Waals surface area contributed by atoms with Crippen molar-refractivity contribution < 1.29 is 5.11 Å². The number of aliphatic hydroxyl groups excluding tert-OH is 1. The first-order valence-electron chi connectivity index (χ1n) is 3.61. The lowest BCUT2D eigenvalue weighted by Gasteiger charge is -2.13. The van der Waals surface area contributed by atoms with Crippen molar-refractivity contribution in [3.05, 3.63) is 36.1 Å². The van der Waals surface area contributed by atoms with Crippen LogP contribution in [0, 0.1) is 0 Å². The maximum absolute atomic E-state index is 9.38. The molecule has 0 saturated heterocycles. The molecule has 0 saturated carbocycles. The van der Waals surface area contributed by atoms with E-state index in [1.54, 1.807) is 6.08 Å². The van der Waals surface area contributed by atoms with Crippen molar-refractivity contribution in [3.8, 4) is 0 Å². The minimum atomic E-state index is -0.442. The fraction of sp³-hybridized carbons (Fsp3) is 0.333. The van der Waals surface area contributed by atoms with Crippen LogP contribution in [0.25, 0.3) is 0 Å². The largest absolute Gasteiger partial charge is 0.384 e. The molecule has 1 atom stereocenters. The Balaban J connectivity index is 2.73. The summed E-state index contributed by atoms with van der Waals surface area (Å²) in [6.45, 7) is 0. The molecular weight excluding hydrogens is 138 g/mol. The van der Waals surface area contributed by atoms with Crippen LogP contribution in [-0.2, 0) is 0 Å². The molecule has 1 aliphatic carbocycles. The van der Waals surface area contributed by atoms with E-state index in [-0.39, 0.29) is 0 Å². The smallest absolute Gasteiger partial charge is 0.0988 e. The molecule has 0 heterocycles. The van der Waals surface area contributed by atoms with E-state index in [4.69, 9.17) is 0 Å². The van der Waals surface area contributed by atoms with E-state index in [9.17, 15) is 5.11 Å². The van der Waals surface area contributed by atoms with Crippen molar-refractivity contribution in [1.29, 1.82) is 0 Å². The number of nitrogens with zero attached hydrogens (tertiary/aromatic N) is 1. The maximum atomic E-state index is 9.38. The van der Waals surface area contributed by atoms with Crippen LogP contribution in [0.5, 0.6) is 0 Å². The molecule has 0 bridgehead atoms. The zero-order valence-corrected chi connectivity index (χ0v) is 6.86. The molecule has 1 rings (SSSR count). The van der Waals surface area contributed by atoms with Gasteiger partial charge in [0, 0.05) is 25.9 Å². The van der Waals surface area contributed by atoms with Crippen molar-refractivity contribution in [3.63, 3.8) is 0 Å². The van der Waals surface area contributed by atoms with Gasteiger partial charge in [-0.25, -0.2) is 0 Å². The minimum absolute atomic E-state index is 0.442. The SMILES string of the molecule is CN(C)C=C1C=CC=CC1O. The van der Waals surface area contributed by atoms with Crippen LogP contribution >= 0.6 is 0 Å². The molecular formula is C9H13NO. The van der Waals surface area contributed by atoms with Crippen LogP contribution in [-0.4, -0.2) is 30.2 Å². The van der Waals surface area contributed by atoms with Crippen LogP contribution < -0.4 is 0 Å². The Morgan fingerprint density at radius 3 is 2.73 bits per heavy atom. The van der Waals surface area contributed by atoms with Gasteiger partial charge in [-0.2, -0.15) is 0 Å². The van der Waals surface area contributed by atoms with Gasteiger partial charge in [0.05, 0.1) is 6.10 Å². The summed E-state index contributed by atoms with van der Waals surface area (Å²) < 4.78 is 0. The highest BCUT2D eigenvalue weighted by atomic mass is 16.3. The summed E-state index contributed by atoms with van der Waals surface area (Å²) >= 11 is 0. The van der Waals surface area contributed by atoms with Gasteiger partial charge < -0.3 is 10.0 Å². The van der Waals surface area contributed by atoms with Gasteiger partial charge >= 0.3 is 0 Å². The molecule has 0 fully saturated rings. The number of hydrogen-bond acceptors (Lipinski definition) is 2. The lowest BCUT2D eigenvalue weighted by Crippen LogP contribution is -2.11. The molecule has 0 amide bonds. The molecule has 0 aliphatic heterocycles. The van der Waals surface area contributed by atoms with Crippen molar-refractivity contribution in [2.24, 2.45) is 0 Å². The number of rotatable bonds is 1. The summed E-state index contributed by atoms with van der Waals surface area (Å²) in [4.78, 5) is 1.92. The van der Waals surface area contributed by atoms with Crippen LogP contribution in [0.3, 0.4) is 0 Å². The molecule has 1 aliphatic rings. The van der Waals surface area contributed by atoms with Crippen LogP contribution in [0.4, 0.5) is 0 Å². The van der Waals surface area contributed by atoms with Gasteiger partial charge in [-0.1, -0.05) is 24.3 Å². The van der Waals surface area contributed by atoms with Crippen molar-refractivity contribution >= 4 is 0 Å². The van der Waals surface area contributed by atoms with Gasteiger partial charge in [0.2, 0.25) is 0 Å². The van der Waals surface area contributed by atoms with E-state index < -0.39 is 6.10 Å². The Kier molecular flexibility index (Phi) is 2.49. The van der Waals surface area contributed by atoms with Crippen LogP contribution in [0.1, 0.15) is 0 Å². The average molecular weight is 151 g/mol. The lowest BCUT2D eigenvalue weighted by atomic mass is 10.1. The van der Waals surface area contributed by atoms with Crippen molar-refractivity contribution in [2.45, 2.75) is 6.10 Å². The predicted octanol–water partition coefficient (Wildman–Crippen LogP) is 0.919. The van der Waals surface area contributed by atoms with E-state index in [2.05, 4.69) is 0 Å². The Morgan fingerprint density at radius 1 is 1.45 bits per heavy atom. The van der Waals surface area contributed by atoms with E-state index >= 15 is 0 Å². The normalized spacial score (nSPS) is 26.1. The van der Waals surface area contributed by atoms with E-state index in [0.717, 1.165) is 5.57 Å². The molecule has 0 aromatic carbocycles. The van der Waals surface area contributed by atoms with Gasteiger partial charge in [0.25, 0.3) is 0 Å². The molecule has 60 valence electrons. The van der Waals surface area contributed by atoms with Gasteiger partial charge in [-0.15, -0.1) is 0 Å². The molecule has 1 unspecified atom stereocenters. The monoisotopic (exact) mass is 151 g/mol. The van der Waals surface area contributed by atoms with Crippen LogP contribution in [0.15, 0.2) is 36.1 Å². The standard InChI is InChI=1S/C9H13NO/c1-10(2)7-8-5-3-4-6-9(8)11/h3-7,9,11H,1-2H3. The first kappa shape index (κ1) is 8.08. The van der Waals surface area contributed by atoms with Crippen molar-refractivity contribution in [1.82, 2.24) is 4.90 Å². The Bertz CT molecular complexity index is 214. The Labute approximate surface area is 67.1 Å². The van der Waals surface area contributed by atoms with Crippen LogP contribution in [0.2, 0.25) is 0 Å². The third kappa shape index (κ3) is 2.24. The predicted molar refractivity (Wildman–Crippen MR) is 46.1 cm³/mol. The van der Waals surface area contributed by atoms with Gasteiger partial charge in [0.15, 0.2) is 0 Å². The zero-order chi connectivity index (χ0) is 8.27.